The lowest BCUT2D eigenvalue weighted by molar-refractivity contribution is -0.132. The zero-order valence-electron chi connectivity index (χ0n) is 11.1. The zero-order valence-corrected chi connectivity index (χ0v) is 13.3. The van der Waals surface area contributed by atoms with Crippen LogP contribution in [-0.2, 0) is 4.79 Å². The molecule has 0 spiro atoms. The van der Waals surface area contributed by atoms with Crippen molar-refractivity contribution in [2.24, 2.45) is 5.92 Å². The number of carbonyl (C=O) groups is 1. The molecule has 2 heterocycles. The molecule has 2 fully saturated rings. The highest BCUT2D eigenvalue weighted by molar-refractivity contribution is 14.1. The number of hydrogen-bond acceptors (Lipinski definition) is 3. The molecule has 0 atom stereocenters. The van der Waals surface area contributed by atoms with Gasteiger partial charge >= 0.3 is 0 Å². The number of amides is 1. The summed E-state index contributed by atoms with van der Waals surface area (Å²) in [7, 11) is 0. The Morgan fingerprint density at radius 1 is 1.26 bits per heavy atom. The van der Waals surface area contributed by atoms with E-state index in [2.05, 4.69) is 44.6 Å². The maximum Gasteiger partial charge on any atom is 0.225 e. The quantitative estimate of drug-likeness (QED) is 0.747. The average molecular weight is 371 g/mol. The average Bonchev–Trinajstić information content (AvgIpc) is 3.26. The molecule has 1 saturated carbocycles. The molecular weight excluding hydrogens is 353 g/mol. The van der Waals surface area contributed by atoms with Gasteiger partial charge < -0.3 is 9.80 Å². The topological polar surface area (TPSA) is 36.4 Å². The Morgan fingerprint density at radius 2 is 1.95 bits per heavy atom. The summed E-state index contributed by atoms with van der Waals surface area (Å²) in [5.41, 5.74) is 1.08. The van der Waals surface area contributed by atoms with Gasteiger partial charge in [-0.25, -0.2) is 4.98 Å². The van der Waals surface area contributed by atoms with Crippen LogP contribution in [0.2, 0.25) is 0 Å². The number of carbonyl (C=O) groups excluding carboxylic acids is 1. The summed E-state index contributed by atoms with van der Waals surface area (Å²) in [6, 6.07) is 4.19. The lowest BCUT2D eigenvalue weighted by Crippen LogP contribution is -2.49. The van der Waals surface area contributed by atoms with Crippen molar-refractivity contribution in [2.45, 2.75) is 19.8 Å². The van der Waals surface area contributed by atoms with E-state index in [1.165, 1.54) is 3.57 Å². The summed E-state index contributed by atoms with van der Waals surface area (Å²) in [6.07, 6.45) is 2.19. The van der Waals surface area contributed by atoms with Crippen LogP contribution in [0.25, 0.3) is 0 Å². The van der Waals surface area contributed by atoms with E-state index in [0.717, 1.165) is 50.5 Å². The van der Waals surface area contributed by atoms with Crippen molar-refractivity contribution in [1.82, 2.24) is 9.88 Å². The summed E-state index contributed by atoms with van der Waals surface area (Å²) >= 11 is 2.30. The van der Waals surface area contributed by atoms with Gasteiger partial charge in [0.25, 0.3) is 0 Å². The maximum absolute atomic E-state index is 12.0. The second kappa shape index (κ2) is 5.26. The van der Waals surface area contributed by atoms with Crippen molar-refractivity contribution in [2.75, 3.05) is 31.1 Å². The van der Waals surface area contributed by atoms with Crippen molar-refractivity contribution in [1.29, 1.82) is 0 Å². The summed E-state index contributed by atoms with van der Waals surface area (Å²) in [6.45, 7) is 5.50. The molecule has 4 nitrogen and oxygen atoms in total. The van der Waals surface area contributed by atoms with Crippen LogP contribution in [0.4, 0.5) is 5.82 Å². The fraction of sp³-hybridized carbons (Fsp3) is 0.571. The molecular formula is C14H18IN3O. The molecule has 0 radical (unpaired) electrons. The van der Waals surface area contributed by atoms with Gasteiger partial charge in [0.2, 0.25) is 5.91 Å². The Bertz CT molecular complexity index is 493. The minimum atomic E-state index is 0.338. The van der Waals surface area contributed by atoms with Crippen LogP contribution in [0.15, 0.2) is 12.1 Å². The monoisotopic (exact) mass is 371 g/mol. The number of aromatic nitrogens is 1. The van der Waals surface area contributed by atoms with Crippen LogP contribution in [0.1, 0.15) is 18.5 Å². The third-order valence-corrected chi connectivity index (χ3v) is 4.99. The van der Waals surface area contributed by atoms with Gasteiger partial charge in [0.1, 0.15) is 5.82 Å². The SMILES string of the molecule is Cc1nc(N2CCN(C(=O)C3CC3)CC2)ccc1I. The fourth-order valence-corrected chi connectivity index (χ4v) is 2.75. The van der Waals surface area contributed by atoms with E-state index in [4.69, 9.17) is 0 Å². The Kier molecular flexibility index (Phi) is 3.64. The predicted octanol–water partition coefficient (Wildman–Crippen LogP) is 2.05. The third-order valence-electron chi connectivity index (χ3n) is 3.85. The summed E-state index contributed by atoms with van der Waals surface area (Å²) in [5, 5.41) is 0. The second-order valence-electron chi connectivity index (χ2n) is 5.32. The van der Waals surface area contributed by atoms with E-state index in [1.807, 2.05) is 11.8 Å². The Labute approximate surface area is 127 Å². The van der Waals surface area contributed by atoms with Crippen LogP contribution in [-0.4, -0.2) is 42.0 Å². The van der Waals surface area contributed by atoms with Gasteiger partial charge in [-0.15, -0.1) is 0 Å². The van der Waals surface area contributed by atoms with Gasteiger partial charge in [0.15, 0.2) is 0 Å². The van der Waals surface area contributed by atoms with E-state index >= 15 is 0 Å². The van der Waals surface area contributed by atoms with Crippen molar-refractivity contribution < 1.29 is 4.79 Å². The molecule has 3 rings (SSSR count). The van der Waals surface area contributed by atoms with Crippen LogP contribution in [0.5, 0.6) is 0 Å². The van der Waals surface area contributed by atoms with Crippen molar-refractivity contribution in [3.05, 3.63) is 21.4 Å². The van der Waals surface area contributed by atoms with Crippen LogP contribution >= 0.6 is 22.6 Å². The van der Waals surface area contributed by atoms with Gasteiger partial charge in [-0.05, 0) is 54.5 Å². The number of anilines is 1. The molecule has 0 bridgehead atoms. The minimum Gasteiger partial charge on any atom is -0.353 e. The number of piperazine rings is 1. The van der Waals surface area contributed by atoms with Gasteiger partial charge in [-0.1, -0.05) is 0 Å². The molecule has 1 aliphatic heterocycles. The molecule has 2 aliphatic rings. The molecule has 1 amide bonds. The highest BCUT2D eigenvalue weighted by Gasteiger charge is 2.34. The first-order valence-corrected chi connectivity index (χ1v) is 7.90. The molecule has 1 aromatic heterocycles. The Morgan fingerprint density at radius 3 is 2.53 bits per heavy atom. The first kappa shape index (κ1) is 13.1. The van der Waals surface area contributed by atoms with Gasteiger partial charge in [-0.2, -0.15) is 0 Å². The van der Waals surface area contributed by atoms with Gasteiger partial charge in [0, 0.05) is 35.7 Å². The summed E-state index contributed by atoms with van der Waals surface area (Å²) in [4.78, 5) is 20.9. The summed E-state index contributed by atoms with van der Waals surface area (Å²) in [5.74, 6) is 1.74. The molecule has 0 unspecified atom stereocenters. The summed E-state index contributed by atoms with van der Waals surface area (Å²) < 4.78 is 1.20. The minimum absolute atomic E-state index is 0.338. The first-order valence-electron chi connectivity index (χ1n) is 6.82. The standard InChI is InChI=1S/C14H18IN3O/c1-10-12(15)4-5-13(16-10)17-6-8-18(9-7-17)14(19)11-2-3-11/h4-5,11H,2-3,6-9H2,1H3. The second-order valence-corrected chi connectivity index (χ2v) is 6.49. The van der Waals surface area contributed by atoms with Crippen LogP contribution in [0.3, 0.4) is 0 Å². The van der Waals surface area contributed by atoms with E-state index in [-0.39, 0.29) is 0 Å². The molecule has 0 aromatic carbocycles. The number of nitrogens with zero attached hydrogens (tertiary/aromatic N) is 3. The molecule has 0 N–H and O–H groups in total. The smallest absolute Gasteiger partial charge is 0.225 e. The highest BCUT2D eigenvalue weighted by Crippen LogP contribution is 2.31. The molecule has 19 heavy (non-hydrogen) atoms. The fourth-order valence-electron chi connectivity index (χ4n) is 2.45. The zero-order chi connectivity index (χ0) is 13.4. The van der Waals surface area contributed by atoms with Gasteiger partial charge in [0.05, 0.1) is 5.69 Å². The lowest BCUT2D eigenvalue weighted by Gasteiger charge is -2.35. The number of rotatable bonds is 2. The Hall–Kier alpha value is -0.850. The Balaban J connectivity index is 1.62. The van der Waals surface area contributed by atoms with Crippen molar-refractivity contribution in [3.63, 3.8) is 0 Å². The molecule has 1 aliphatic carbocycles. The van der Waals surface area contributed by atoms with Crippen LogP contribution < -0.4 is 4.90 Å². The number of hydrogen-bond donors (Lipinski definition) is 0. The van der Waals surface area contributed by atoms with Crippen molar-refractivity contribution in [3.8, 4) is 0 Å². The highest BCUT2D eigenvalue weighted by atomic mass is 127. The van der Waals surface area contributed by atoms with E-state index in [1.54, 1.807) is 0 Å². The number of aryl methyl sites for hydroxylation is 1. The molecule has 102 valence electrons. The molecule has 1 aromatic rings. The number of pyridine rings is 1. The normalized spacial score (nSPS) is 19.7. The van der Waals surface area contributed by atoms with Crippen molar-refractivity contribution >= 4 is 34.3 Å². The van der Waals surface area contributed by atoms with E-state index in [0.29, 0.717) is 11.8 Å². The molecule has 1 saturated heterocycles. The van der Waals surface area contributed by atoms with Gasteiger partial charge in [-0.3, -0.25) is 4.79 Å². The third kappa shape index (κ3) is 2.85. The van der Waals surface area contributed by atoms with E-state index < -0.39 is 0 Å². The number of halogens is 1. The molecule has 5 heteroatoms. The maximum atomic E-state index is 12.0. The largest absolute Gasteiger partial charge is 0.353 e. The first-order chi connectivity index (χ1) is 9.15. The van der Waals surface area contributed by atoms with Crippen LogP contribution in [0, 0.1) is 16.4 Å². The lowest BCUT2D eigenvalue weighted by atomic mass is 10.2. The predicted molar refractivity (Wildman–Crippen MR) is 83.2 cm³/mol. The van der Waals surface area contributed by atoms with E-state index in [9.17, 15) is 4.79 Å².